The van der Waals surface area contributed by atoms with Crippen LogP contribution < -0.4 is 26.4 Å². The SMILES string of the molecule is NS(=O)(=O)OCC1CC(N2NNc3c(NCc4cccs4)ncnc32)CC1O. The van der Waals surface area contributed by atoms with Gasteiger partial charge in [0.15, 0.2) is 11.6 Å². The largest absolute Gasteiger partial charge is 0.393 e. The van der Waals surface area contributed by atoms with E-state index in [0.29, 0.717) is 31.0 Å². The fourth-order valence-corrected chi connectivity index (χ4v) is 4.48. The molecular weight excluding hydrogens is 406 g/mol. The number of nitrogens with one attached hydrogen (secondary N) is 3. The van der Waals surface area contributed by atoms with Crippen LogP contribution in [0.2, 0.25) is 0 Å². The third-order valence-corrected chi connectivity index (χ3v) is 6.15. The lowest BCUT2D eigenvalue weighted by Gasteiger charge is -2.24. The molecule has 1 aliphatic heterocycles. The van der Waals surface area contributed by atoms with Crippen LogP contribution in [0.1, 0.15) is 17.7 Å². The third-order valence-electron chi connectivity index (χ3n) is 4.81. The maximum absolute atomic E-state index is 11.0. The molecule has 6 N–H and O–H groups in total. The Kier molecular flexibility index (Phi) is 5.35. The molecule has 13 heteroatoms. The van der Waals surface area contributed by atoms with Gasteiger partial charge in [-0.15, -0.1) is 16.9 Å². The van der Waals surface area contributed by atoms with Gasteiger partial charge in [0, 0.05) is 10.8 Å². The molecule has 3 atom stereocenters. The zero-order chi connectivity index (χ0) is 19.7. The maximum Gasteiger partial charge on any atom is 0.333 e. The van der Waals surface area contributed by atoms with Gasteiger partial charge < -0.3 is 10.4 Å². The van der Waals surface area contributed by atoms with Crippen molar-refractivity contribution in [3.05, 3.63) is 28.7 Å². The minimum atomic E-state index is -4.03. The van der Waals surface area contributed by atoms with Crippen molar-refractivity contribution < 1.29 is 17.7 Å². The van der Waals surface area contributed by atoms with Crippen molar-refractivity contribution in [3.63, 3.8) is 0 Å². The Morgan fingerprint density at radius 3 is 3.04 bits per heavy atom. The van der Waals surface area contributed by atoms with Crippen molar-refractivity contribution in [2.24, 2.45) is 11.1 Å². The van der Waals surface area contributed by atoms with E-state index in [1.807, 2.05) is 22.5 Å². The summed E-state index contributed by atoms with van der Waals surface area (Å²) >= 11 is 1.66. The molecule has 1 aliphatic carbocycles. The number of rotatable bonds is 7. The van der Waals surface area contributed by atoms with Crippen LogP contribution in [0.25, 0.3) is 0 Å². The molecule has 11 nitrogen and oxygen atoms in total. The Morgan fingerprint density at radius 1 is 1.43 bits per heavy atom. The highest BCUT2D eigenvalue weighted by Gasteiger charge is 2.40. The molecule has 2 aliphatic rings. The normalized spacial score (nSPS) is 24.2. The summed E-state index contributed by atoms with van der Waals surface area (Å²) in [5, 5.41) is 22.3. The van der Waals surface area contributed by atoms with E-state index in [0.717, 1.165) is 5.69 Å². The molecule has 3 unspecified atom stereocenters. The van der Waals surface area contributed by atoms with Crippen LogP contribution >= 0.6 is 11.3 Å². The zero-order valence-corrected chi connectivity index (χ0v) is 16.4. The van der Waals surface area contributed by atoms with Crippen LogP contribution in [0.4, 0.5) is 17.3 Å². The lowest BCUT2D eigenvalue weighted by molar-refractivity contribution is 0.101. The highest BCUT2D eigenvalue weighted by Crippen LogP contribution is 2.38. The van der Waals surface area contributed by atoms with Crippen molar-refractivity contribution >= 4 is 39.0 Å². The van der Waals surface area contributed by atoms with E-state index < -0.39 is 16.4 Å². The zero-order valence-electron chi connectivity index (χ0n) is 14.8. The Labute approximate surface area is 166 Å². The van der Waals surface area contributed by atoms with Gasteiger partial charge in [0.05, 0.1) is 25.3 Å². The quantitative estimate of drug-likeness (QED) is 0.413. The minimum Gasteiger partial charge on any atom is -0.393 e. The number of aliphatic hydroxyl groups excluding tert-OH is 1. The molecule has 1 fully saturated rings. The summed E-state index contributed by atoms with van der Waals surface area (Å²) in [6, 6.07) is 3.94. The number of hydrazine groups is 2. The van der Waals surface area contributed by atoms with Crippen molar-refractivity contribution in [2.45, 2.75) is 31.5 Å². The van der Waals surface area contributed by atoms with Crippen molar-refractivity contribution in [2.75, 3.05) is 22.4 Å². The summed E-state index contributed by atoms with van der Waals surface area (Å²) < 4.78 is 26.6. The van der Waals surface area contributed by atoms with Gasteiger partial charge in [-0.25, -0.2) is 15.1 Å². The van der Waals surface area contributed by atoms with Crippen LogP contribution in [-0.2, 0) is 21.0 Å². The van der Waals surface area contributed by atoms with E-state index in [9.17, 15) is 13.5 Å². The number of fused-ring (bicyclic) bond motifs is 1. The van der Waals surface area contributed by atoms with Crippen LogP contribution in [0.5, 0.6) is 0 Å². The maximum atomic E-state index is 11.0. The molecule has 0 amide bonds. The highest BCUT2D eigenvalue weighted by molar-refractivity contribution is 7.84. The number of thiophene rings is 1. The second-order valence-electron chi connectivity index (χ2n) is 6.69. The molecule has 4 rings (SSSR count). The molecule has 0 aromatic carbocycles. The van der Waals surface area contributed by atoms with Crippen molar-refractivity contribution in [3.8, 4) is 0 Å². The molecule has 1 saturated carbocycles. The summed E-state index contributed by atoms with van der Waals surface area (Å²) in [5.74, 6) is 0.988. The average molecular weight is 428 g/mol. The van der Waals surface area contributed by atoms with E-state index in [4.69, 9.17) is 5.14 Å². The van der Waals surface area contributed by atoms with Gasteiger partial charge in [-0.1, -0.05) is 6.07 Å². The van der Waals surface area contributed by atoms with Gasteiger partial charge >= 0.3 is 10.3 Å². The fraction of sp³-hybridized carbons (Fsp3) is 0.467. The molecule has 0 saturated heterocycles. The van der Waals surface area contributed by atoms with E-state index in [2.05, 4.69) is 30.4 Å². The number of nitrogens with zero attached hydrogens (tertiary/aromatic N) is 3. The van der Waals surface area contributed by atoms with Crippen molar-refractivity contribution in [1.82, 2.24) is 15.5 Å². The molecule has 2 aromatic rings. The summed E-state index contributed by atoms with van der Waals surface area (Å²) in [6.45, 7) is 0.500. The number of aliphatic hydroxyl groups is 1. The Morgan fingerprint density at radius 2 is 2.29 bits per heavy atom. The summed E-state index contributed by atoms with van der Waals surface area (Å²) in [6.07, 6.45) is 1.74. The number of aromatic nitrogens is 2. The first-order valence-corrected chi connectivity index (χ1v) is 11.0. The molecule has 3 heterocycles. The predicted molar refractivity (Wildman–Crippen MR) is 104 cm³/mol. The molecule has 2 aromatic heterocycles. The van der Waals surface area contributed by atoms with Gasteiger partial charge in [-0.3, -0.25) is 14.6 Å². The van der Waals surface area contributed by atoms with Gasteiger partial charge in [0.2, 0.25) is 0 Å². The van der Waals surface area contributed by atoms with E-state index in [-0.39, 0.29) is 18.6 Å². The van der Waals surface area contributed by atoms with Crippen LogP contribution in [0, 0.1) is 5.92 Å². The monoisotopic (exact) mass is 427 g/mol. The Hall–Kier alpha value is -2.03. The first kappa shape index (κ1) is 19.3. The van der Waals surface area contributed by atoms with Gasteiger partial charge in [0.1, 0.15) is 12.0 Å². The van der Waals surface area contributed by atoms with Gasteiger partial charge in [-0.05, 0) is 24.3 Å². The second-order valence-corrected chi connectivity index (χ2v) is 8.94. The smallest absolute Gasteiger partial charge is 0.333 e. The molecule has 28 heavy (non-hydrogen) atoms. The molecule has 0 spiro atoms. The molecule has 152 valence electrons. The minimum absolute atomic E-state index is 0.0992. The standard InChI is InChI=1S/C15H21N7O4S2/c16-28(24,25)26-7-9-4-10(5-12(9)23)22-15-13(20-21-22)14(18-8-19-15)17-6-11-2-1-3-27-11/h1-3,8-10,12,20-21,23H,4-7H2,(H2,16,24,25)(H,17,18,19). The van der Waals surface area contributed by atoms with Gasteiger partial charge in [0.25, 0.3) is 0 Å². The lowest BCUT2D eigenvalue weighted by Crippen LogP contribution is -2.43. The number of hydrogen-bond acceptors (Lipinski definition) is 11. The van der Waals surface area contributed by atoms with E-state index in [1.165, 1.54) is 11.2 Å². The van der Waals surface area contributed by atoms with E-state index >= 15 is 0 Å². The average Bonchev–Trinajstić information content (AvgIpc) is 3.37. The lowest BCUT2D eigenvalue weighted by atomic mass is 10.1. The first-order valence-electron chi connectivity index (χ1n) is 8.68. The fourth-order valence-electron chi connectivity index (χ4n) is 3.47. The van der Waals surface area contributed by atoms with Crippen molar-refractivity contribution in [1.29, 1.82) is 0 Å². The van der Waals surface area contributed by atoms with Crippen LogP contribution in [-0.4, -0.2) is 42.2 Å². The van der Waals surface area contributed by atoms with Crippen LogP contribution in [0.15, 0.2) is 23.8 Å². The second kappa shape index (κ2) is 7.77. The third kappa shape index (κ3) is 4.19. The van der Waals surface area contributed by atoms with Gasteiger partial charge in [-0.2, -0.15) is 8.42 Å². The number of nitrogens with two attached hydrogens (primary N) is 1. The molecule has 0 radical (unpaired) electrons. The first-order chi connectivity index (χ1) is 13.4. The van der Waals surface area contributed by atoms with E-state index in [1.54, 1.807) is 11.3 Å². The number of anilines is 3. The topological polar surface area (TPSA) is 155 Å². The highest BCUT2D eigenvalue weighted by atomic mass is 32.2. The molecule has 0 bridgehead atoms. The Balaban J connectivity index is 1.44. The predicted octanol–water partition coefficient (Wildman–Crippen LogP) is 0.161. The van der Waals surface area contributed by atoms with Crippen LogP contribution in [0.3, 0.4) is 0 Å². The molecular formula is C15H21N7O4S2. The summed E-state index contributed by atoms with van der Waals surface area (Å²) in [7, 11) is -4.03. The summed E-state index contributed by atoms with van der Waals surface area (Å²) in [5.41, 5.74) is 6.85. The summed E-state index contributed by atoms with van der Waals surface area (Å²) in [4.78, 5) is 9.84. The Bertz CT molecular complexity index is 924. The number of hydrogen-bond donors (Lipinski definition) is 5.